The first-order chi connectivity index (χ1) is 10.7. The molecule has 2 rings (SSSR count). The van der Waals surface area contributed by atoms with E-state index in [1.807, 2.05) is 0 Å². The molecule has 0 saturated carbocycles. The van der Waals surface area contributed by atoms with Gasteiger partial charge in [0.25, 0.3) is 0 Å². The molecule has 1 aromatic carbocycles. The molecule has 22 heavy (non-hydrogen) atoms. The van der Waals surface area contributed by atoms with Crippen molar-refractivity contribution in [1.82, 2.24) is 25.7 Å². The molecule has 7 heteroatoms. The van der Waals surface area contributed by atoms with Crippen LogP contribution in [0.5, 0.6) is 0 Å². The molecule has 0 atom stereocenters. The van der Waals surface area contributed by atoms with Crippen LogP contribution in [0.1, 0.15) is 31.7 Å². The molecule has 1 aromatic heterocycles. The van der Waals surface area contributed by atoms with Gasteiger partial charge in [0.1, 0.15) is 5.82 Å². The zero-order valence-corrected chi connectivity index (χ0v) is 12.4. The number of carbonyl (C=O) groups excluding carboxylic acids is 1. The zero-order chi connectivity index (χ0) is 15.8. The topological polar surface area (TPSA) is 80.7 Å². The second-order valence-electron chi connectivity index (χ2n) is 4.95. The number of nitrogens with zero attached hydrogens (tertiary/aromatic N) is 4. The fourth-order valence-electron chi connectivity index (χ4n) is 2.05. The van der Waals surface area contributed by atoms with Gasteiger partial charge in [0.2, 0.25) is 11.7 Å². The number of halogens is 1. The Labute approximate surface area is 128 Å². The number of hydrogen-bond acceptors (Lipinski definition) is 5. The fourth-order valence-corrected chi connectivity index (χ4v) is 2.05. The molecule has 0 saturated heterocycles. The lowest BCUT2D eigenvalue weighted by Gasteiger charge is -2.06. The normalized spacial score (nSPS) is 10.5. The van der Waals surface area contributed by atoms with Crippen molar-refractivity contribution in [3.05, 3.63) is 35.9 Å². The van der Waals surface area contributed by atoms with Crippen molar-refractivity contribution in [3.63, 3.8) is 0 Å². The van der Waals surface area contributed by atoms with Crippen molar-refractivity contribution in [1.29, 1.82) is 0 Å². The number of hydrogen-bond donors (Lipinski definition) is 1. The summed E-state index contributed by atoms with van der Waals surface area (Å²) in [6, 6.07) is 4.30. The van der Waals surface area contributed by atoms with E-state index in [9.17, 15) is 9.18 Å². The summed E-state index contributed by atoms with van der Waals surface area (Å²) in [7, 11) is 0. The van der Waals surface area contributed by atoms with E-state index in [4.69, 9.17) is 0 Å². The molecule has 0 aliphatic rings. The summed E-state index contributed by atoms with van der Waals surface area (Å²) in [6.07, 6.45) is 4.45. The van der Waals surface area contributed by atoms with Gasteiger partial charge in [-0.15, -0.1) is 20.4 Å². The van der Waals surface area contributed by atoms with Crippen molar-refractivity contribution in [2.24, 2.45) is 0 Å². The molecule has 0 unspecified atom stereocenters. The van der Waals surface area contributed by atoms with Gasteiger partial charge >= 0.3 is 0 Å². The van der Waals surface area contributed by atoms with Crippen molar-refractivity contribution in [3.8, 4) is 11.4 Å². The molecule has 116 valence electrons. The van der Waals surface area contributed by atoms with Crippen LogP contribution in [0.2, 0.25) is 0 Å². The summed E-state index contributed by atoms with van der Waals surface area (Å²) in [5.74, 6) is -0.344. The van der Waals surface area contributed by atoms with Crippen LogP contribution in [0.4, 0.5) is 4.39 Å². The minimum Gasteiger partial charge on any atom is -0.356 e. The van der Waals surface area contributed by atoms with E-state index in [2.05, 4.69) is 32.6 Å². The van der Waals surface area contributed by atoms with Gasteiger partial charge in [0.05, 0.1) is 6.42 Å². The Morgan fingerprint density at radius 3 is 2.68 bits per heavy atom. The molecule has 0 aliphatic heterocycles. The van der Waals surface area contributed by atoms with Gasteiger partial charge in [-0.05, 0) is 30.2 Å². The van der Waals surface area contributed by atoms with E-state index in [0.717, 1.165) is 19.3 Å². The molecule has 0 radical (unpaired) electrons. The van der Waals surface area contributed by atoms with Crippen LogP contribution < -0.4 is 5.32 Å². The zero-order valence-electron chi connectivity index (χ0n) is 12.4. The standard InChI is InChI=1S/C15H18FN5O/c1-2-3-4-5-17-14(22)8-11-6-12(9-13(16)7-11)15-20-18-10-19-21-15/h6-7,9-10H,2-5,8H2,1H3,(H,17,22). The number of nitrogens with one attached hydrogen (secondary N) is 1. The molecule has 1 heterocycles. The summed E-state index contributed by atoms with van der Waals surface area (Å²) in [4.78, 5) is 11.8. The Morgan fingerprint density at radius 2 is 1.95 bits per heavy atom. The van der Waals surface area contributed by atoms with Gasteiger partial charge in [0, 0.05) is 12.1 Å². The summed E-state index contributed by atoms with van der Waals surface area (Å²) >= 11 is 0. The van der Waals surface area contributed by atoms with Crippen LogP contribution >= 0.6 is 0 Å². The van der Waals surface area contributed by atoms with Gasteiger partial charge in [-0.3, -0.25) is 4.79 Å². The molecule has 0 fully saturated rings. The Hall–Kier alpha value is -2.44. The quantitative estimate of drug-likeness (QED) is 0.790. The summed E-state index contributed by atoms with van der Waals surface area (Å²) in [5, 5.41) is 17.6. The first kappa shape index (κ1) is 15.9. The highest BCUT2D eigenvalue weighted by Gasteiger charge is 2.09. The van der Waals surface area contributed by atoms with E-state index >= 15 is 0 Å². The molecule has 2 aromatic rings. The monoisotopic (exact) mass is 303 g/mol. The third-order valence-electron chi connectivity index (χ3n) is 3.09. The first-order valence-electron chi connectivity index (χ1n) is 7.26. The molecule has 6 nitrogen and oxygen atoms in total. The van der Waals surface area contributed by atoms with Gasteiger partial charge in [-0.25, -0.2) is 4.39 Å². The molecule has 0 spiro atoms. The maximum Gasteiger partial charge on any atom is 0.224 e. The van der Waals surface area contributed by atoms with Crippen molar-refractivity contribution in [2.45, 2.75) is 32.6 Å². The van der Waals surface area contributed by atoms with Gasteiger partial charge in [-0.1, -0.05) is 19.8 Å². The number of aromatic nitrogens is 4. The van der Waals surface area contributed by atoms with E-state index in [0.29, 0.717) is 17.7 Å². The summed E-state index contributed by atoms with van der Waals surface area (Å²) < 4.78 is 13.7. The number of amides is 1. The number of benzene rings is 1. The summed E-state index contributed by atoms with van der Waals surface area (Å²) in [5.41, 5.74) is 1.02. The number of rotatable bonds is 7. The second kappa shape index (κ2) is 8.11. The lowest BCUT2D eigenvalue weighted by Crippen LogP contribution is -2.26. The van der Waals surface area contributed by atoms with Crippen LogP contribution in [0.25, 0.3) is 11.4 Å². The van der Waals surface area contributed by atoms with Gasteiger partial charge < -0.3 is 5.32 Å². The number of unbranched alkanes of at least 4 members (excludes halogenated alkanes) is 2. The lowest BCUT2D eigenvalue weighted by molar-refractivity contribution is -0.120. The molecule has 1 N–H and O–H groups in total. The van der Waals surface area contributed by atoms with E-state index in [1.54, 1.807) is 6.07 Å². The van der Waals surface area contributed by atoms with E-state index in [1.165, 1.54) is 18.5 Å². The fraction of sp³-hybridized carbons (Fsp3) is 0.400. The van der Waals surface area contributed by atoms with Crippen molar-refractivity contribution >= 4 is 5.91 Å². The van der Waals surface area contributed by atoms with Crippen LogP contribution in [-0.2, 0) is 11.2 Å². The molecule has 1 amide bonds. The highest BCUT2D eigenvalue weighted by atomic mass is 19.1. The smallest absolute Gasteiger partial charge is 0.224 e. The van der Waals surface area contributed by atoms with Crippen LogP contribution in [0.15, 0.2) is 24.5 Å². The maximum absolute atomic E-state index is 13.7. The minimum absolute atomic E-state index is 0.116. The second-order valence-corrected chi connectivity index (χ2v) is 4.95. The SMILES string of the molecule is CCCCCNC(=O)Cc1cc(F)cc(-c2nncnn2)c1. The first-order valence-corrected chi connectivity index (χ1v) is 7.26. The van der Waals surface area contributed by atoms with Crippen molar-refractivity contribution in [2.75, 3.05) is 6.54 Å². The van der Waals surface area contributed by atoms with Gasteiger partial charge in [-0.2, -0.15) is 0 Å². The average molecular weight is 303 g/mol. The Bertz CT molecular complexity index is 621. The Kier molecular flexibility index (Phi) is 5.88. The Morgan fingerprint density at radius 1 is 1.18 bits per heavy atom. The van der Waals surface area contributed by atoms with Crippen LogP contribution in [-0.4, -0.2) is 32.8 Å². The van der Waals surface area contributed by atoms with E-state index < -0.39 is 5.82 Å². The van der Waals surface area contributed by atoms with Gasteiger partial charge in [0.15, 0.2) is 6.33 Å². The van der Waals surface area contributed by atoms with E-state index in [-0.39, 0.29) is 18.2 Å². The summed E-state index contributed by atoms with van der Waals surface area (Å²) in [6.45, 7) is 2.75. The highest BCUT2D eigenvalue weighted by Crippen LogP contribution is 2.17. The molecular formula is C15H18FN5O. The van der Waals surface area contributed by atoms with Crippen LogP contribution in [0, 0.1) is 5.82 Å². The molecule has 0 aliphatic carbocycles. The predicted octanol–water partition coefficient (Wildman–Crippen LogP) is 1.92. The lowest BCUT2D eigenvalue weighted by atomic mass is 10.1. The molecular weight excluding hydrogens is 285 g/mol. The average Bonchev–Trinajstić information content (AvgIpc) is 2.52. The third-order valence-corrected chi connectivity index (χ3v) is 3.09. The maximum atomic E-state index is 13.7. The minimum atomic E-state index is -0.446. The predicted molar refractivity (Wildman–Crippen MR) is 79.3 cm³/mol. The highest BCUT2D eigenvalue weighted by molar-refractivity contribution is 5.79. The van der Waals surface area contributed by atoms with Crippen molar-refractivity contribution < 1.29 is 9.18 Å². The largest absolute Gasteiger partial charge is 0.356 e. The number of carbonyl (C=O) groups is 1. The van der Waals surface area contributed by atoms with Crippen LogP contribution in [0.3, 0.4) is 0 Å². The Balaban J connectivity index is 2.02. The molecule has 0 bridgehead atoms. The third kappa shape index (κ3) is 4.83.